The predicted molar refractivity (Wildman–Crippen MR) is 69.8 cm³/mol. The minimum Gasteiger partial charge on any atom is -0.480 e. The second-order valence-electron chi connectivity index (χ2n) is 4.14. The first-order valence-corrected chi connectivity index (χ1v) is 5.88. The molecule has 0 unspecified atom stereocenters. The number of hydrogen-bond acceptors (Lipinski definition) is 2. The third-order valence-electron chi connectivity index (χ3n) is 2.73. The van der Waals surface area contributed by atoms with Gasteiger partial charge in [0.05, 0.1) is 0 Å². The van der Waals surface area contributed by atoms with Crippen molar-refractivity contribution in [1.82, 2.24) is 10.3 Å². The lowest BCUT2D eigenvalue weighted by atomic mass is 10.1. The van der Waals surface area contributed by atoms with Gasteiger partial charge < -0.3 is 15.4 Å². The number of carboxylic acid groups (broad SMARTS) is 1. The van der Waals surface area contributed by atoms with Gasteiger partial charge in [0.1, 0.15) is 11.7 Å². The van der Waals surface area contributed by atoms with Crippen LogP contribution in [0.3, 0.4) is 0 Å². The Morgan fingerprint density at radius 2 is 1.89 bits per heavy atom. The zero-order valence-electron chi connectivity index (χ0n) is 10.2. The van der Waals surface area contributed by atoms with Crippen LogP contribution < -0.4 is 5.32 Å². The second-order valence-corrected chi connectivity index (χ2v) is 4.14. The van der Waals surface area contributed by atoms with Gasteiger partial charge in [-0.15, -0.1) is 0 Å². The van der Waals surface area contributed by atoms with E-state index in [-0.39, 0.29) is 6.42 Å². The summed E-state index contributed by atoms with van der Waals surface area (Å²) in [6.07, 6.45) is 1.87. The molecule has 3 N–H and O–H groups in total. The van der Waals surface area contributed by atoms with Crippen LogP contribution in [0.15, 0.2) is 48.7 Å². The van der Waals surface area contributed by atoms with Crippen molar-refractivity contribution < 1.29 is 14.7 Å². The lowest BCUT2D eigenvalue weighted by Crippen LogP contribution is -2.42. The van der Waals surface area contributed by atoms with Crippen molar-refractivity contribution in [1.29, 1.82) is 0 Å². The molecule has 1 aromatic heterocycles. The summed E-state index contributed by atoms with van der Waals surface area (Å²) in [5.41, 5.74) is 1.21. The number of aromatic nitrogens is 1. The molecule has 98 valence electrons. The number of nitrogens with one attached hydrogen (secondary N) is 2. The molecule has 19 heavy (non-hydrogen) atoms. The van der Waals surface area contributed by atoms with E-state index in [4.69, 9.17) is 5.11 Å². The highest BCUT2D eigenvalue weighted by Gasteiger charge is 2.21. The summed E-state index contributed by atoms with van der Waals surface area (Å²) >= 11 is 0. The number of carbonyl (C=O) groups excluding carboxylic acids is 1. The van der Waals surface area contributed by atoms with Crippen LogP contribution >= 0.6 is 0 Å². The van der Waals surface area contributed by atoms with E-state index in [1.54, 1.807) is 18.3 Å². The number of aliphatic carboxylic acids is 1. The van der Waals surface area contributed by atoms with E-state index in [9.17, 15) is 9.59 Å². The Balaban J connectivity index is 2.05. The van der Waals surface area contributed by atoms with Crippen LogP contribution in [0.25, 0.3) is 0 Å². The summed E-state index contributed by atoms with van der Waals surface area (Å²) in [5, 5.41) is 11.7. The van der Waals surface area contributed by atoms with Gasteiger partial charge in [0.2, 0.25) is 0 Å². The number of H-pyrrole nitrogens is 1. The Hall–Kier alpha value is -2.56. The van der Waals surface area contributed by atoms with Crippen LogP contribution in [-0.4, -0.2) is 28.0 Å². The van der Waals surface area contributed by atoms with Crippen molar-refractivity contribution in [3.8, 4) is 0 Å². The summed E-state index contributed by atoms with van der Waals surface area (Å²) in [4.78, 5) is 25.7. The average Bonchev–Trinajstić information content (AvgIpc) is 2.93. The fourth-order valence-corrected chi connectivity index (χ4v) is 1.76. The lowest BCUT2D eigenvalue weighted by Gasteiger charge is -2.14. The van der Waals surface area contributed by atoms with Crippen LogP contribution in [0.4, 0.5) is 0 Å². The van der Waals surface area contributed by atoms with E-state index >= 15 is 0 Å². The molecule has 0 aliphatic carbocycles. The number of hydrogen-bond donors (Lipinski definition) is 3. The maximum atomic E-state index is 11.8. The molecule has 0 fully saturated rings. The Labute approximate surface area is 110 Å². The minimum absolute atomic E-state index is 0.253. The number of carbonyl (C=O) groups is 2. The van der Waals surface area contributed by atoms with Gasteiger partial charge >= 0.3 is 5.97 Å². The van der Waals surface area contributed by atoms with Crippen LogP contribution in [0, 0.1) is 0 Å². The highest BCUT2D eigenvalue weighted by molar-refractivity contribution is 5.95. The van der Waals surface area contributed by atoms with Gasteiger partial charge in [0, 0.05) is 12.6 Å². The van der Waals surface area contributed by atoms with E-state index in [0.29, 0.717) is 5.69 Å². The molecule has 5 nitrogen and oxygen atoms in total. The molecule has 0 bridgehead atoms. The highest BCUT2D eigenvalue weighted by Crippen LogP contribution is 2.04. The molecule has 0 aliphatic rings. The number of benzene rings is 1. The first-order chi connectivity index (χ1) is 9.16. The molecule has 0 radical (unpaired) electrons. The average molecular weight is 258 g/mol. The molecular weight excluding hydrogens is 244 g/mol. The Morgan fingerprint density at radius 1 is 1.16 bits per heavy atom. The van der Waals surface area contributed by atoms with Crippen LogP contribution in [0.1, 0.15) is 16.1 Å². The zero-order valence-corrected chi connectivity index (χ0v) is 10.2. The Morgan fingerprint density at radius 3 is 2.47 bits per heavy atom. The topological polar surface area (TPSA) is 82.2 Å². The number of carboxylic acids is 1. The quantitative estimate of drug-likeness (QED) is 0.759. The first kappa shape index (κ1) is 12.9. The second kappa shape index (κ2) is 5.86. The number of amides is 1. The first-order valence-electron chi connectivity index (χ1n) is 5.88. The molecule has 0 saturated heterocycles. The van der Waals surface area contributed by atoms with Crippen molar-refractivity contribution in [2.24, 2.45) is 0 Å². The summed E-state index contributed by atoms with van der Waals surface area (Å²) in [5.74, 6) is -1.47. The lowest BCUT2D eigenvalue weighted by molar-refractivity contribution is -0.139. The SMILES string of the molecule is O=C(N[C@H](Cc1ccccc1)C(=O)O)c1ccc[nH]1. The third-order valence-corrected chi connectivity index (χ3v) is 2.73. The van der Waals surface area contributed by atoms with E-state index in [0.717, 1.165) is 5.56 Å². The fourth-order valence-electron chi connectivity index (χ4n) is 1.76. The standard InChI is InChI=1S/C14H14N2O3/c17-13(11-7-4-8-15-11)16-12(14(18)19)9-10-5-2-1-3-6-10/h1-8,12,15H,9H2,(H,16,17)(H,18,19)/t12-/m1/s1. The van der Waals surface area contributed by atoms with Crippen molar-refractivity contribution in [3.05, 3.63) is 59.9 Å². The van der Waals surface area contributed by atoms with E-state index in [2.05, 4.69) is 10.3 Å². The molecule has 2 rings (SSSR count). The zero-order chi connectivity index (χ0) is 13.7. The summed E-state index contributed by atoms with van der Waals surface area (Å²) in [6, 6.07) is 11.5. The molecule has 0 saturated carbocycles. The van der Waals surface area contributed by atoms with E-state index in [1.807, 2.05) is 30.3 Å². The molecule has 1 amide bonds. The number of rotatable bonds is 5. The molecule has 0 spiro atoms. The Kier molecular flexibility index (Phi) is 3.97. The summed E-state index contributed by atoms with van der Waals surface area (Å²) < 4.78 is 0. The smallest absolute Gasteiger partial charge is 0.326 e. The van der Waals surface area contributed by atoms with Gasteiger partial charge in [0.15, 0.2) is 0 Å². The normalized spacial score (nSPS) is 11.8. The number of aromatic amines is 1. The maximum absolute atomic E-state index is 11.8. The molecular formula is C14H14N2O3. The van der Waals surface area contributed by atoms with Gasteiger partial charge in [-0.05, 0) is 17.7 Å². The van der Waals surface area contributed by atoms with Crippen molar-refractivity contribution >= 4 is 11.9 Å². The van der Waals surface area contributed by atoms with Gasteiger partial charge in [-0.1, -0.05) is 30.3 Å². The van der Waals surface area contributed by atoms with Crippen LogP contribution in [0.5, 0.6) is 0 Å². The minimum atomic E-state index is -1.05. The monoisotopic (exact) mass is 258 g/mol. The van der Waals surface area contributed by atoms with Crippen molar-refractivity contribution in [2.75, 3.05) is 0 Å². The predicted octanol–water partition coefficient (Wildman–Crippen LogP) is 1.44. The van der Waals surface area contributed by atoms with Crippen molar-refractivity contribution in [3.63, 3.8) is 0 Å². The molecule has 0 aliphatic heterocycles. The van der Waals surface area contributed by atoms with Gasteiger partial charge in [0.25, 0.3) is 5.91 Å². The third kappa shape index (κ3) is 3.45. The maximum Gasteiger partial charge on any atom is 0.326 e. The highest BCUT2D eigenvalue weighted by atomic mass is 16.4. The largest absolute Gasteiger partial charge is 0.480 e. The fraction of sp³-hybridized carbons (Fsp3) is 0.143. The van der Waals surface area contributed by atoms with Crippen molar-refractivity contribution in [2.45, 2.75) is 12.5 Å². The molecule has 1 atom stereocenters. The van der Waals surface area contributed by atoms with Crippen LogP contribution in [-0.2, 0) is 11.2 Å². The molecule has 1 heterocycles. The van der Waals surface area contributed by atoms with E-state index < -0.39 is 17.9 Å². The summed E-state index contributed by atoms with van der Waals surface area (Å²) in [7, 11) is 0. The van der Waals surface area contributed by atoms with Gasteiger partial charge in [-0.3, -0.25) is 4.79 Å². The molecule has 5 heteroatoms. The van der Waals surface area contributed by atoms with Crippen LogP contribution in [0.2, 0.25) is 0 Å². The van der Waals surface area contributed by atoms with Gasteiger partial charge in [-0.25, -0.2) is 4.79 Å². The molecule has 2 aromatic rings. The summed E-state index contributed by atoms with van der Waals surface area (Å²) in [6.45, 7) is 0. The van der Waals surface area contributed by atoms with E-state index in [1.165, 1.54) is 0 Å². The molecule has 1 aromatic carbocycles. The van der Waals surface area contributed by atoms with Gasteiger partial charge in [-0.2, -0.15) is 0 Å². The Bertz CT molecular complexity index is 549.